The predicted molar refractivity (Wildman–Crippen MR) is 55.3 cm³/mol. The summed E-state index contributed by atoms with van der Waals surface area (Å²) < 4.78 is 5.13. The standard InChI is InChI=1S/C9H15N5O2/c1-6(7-11-5-12-14-7)13-8(15)9(10)2-3-16-4-9/h5-6H,2-4,10H2,1H3,(H,13,15)(H,11,12,14). The van der Waals surface area contributed by atoms with Gasteiger partial charge in [0.25, 0.3) is 0 Å². The summed E-state index contributed by atoms with van der Waals surface area (Å²) in [5.74, 6) is 0.393. The van der Waals surface area contributed by atoms with Gasteiger partial charge in [-0.05, 0) is 13.3 Å². The summed E-state index contributed by atoms with van der Waals surface area (Å²) in [4.78, 5) is 15.9. The molecule has 2 atom stereocenters. The number of nitrogens with one attached hydrogen (secondary N) is 2. The summed E-state index contributed by atoms with van der Waals surface area (Å²) in [6.45, 7) is 2.61. The molecule has 0 bridgehead atoms. The molecular formula is C9H15N5O2. The van der Waals surface area contributed by atoms with Crippen molar-refractivity contribution in [1.29, 1.82) is 0 Å². The second-order valence-corrected chi connectivity index (χ2v) is 4.02. The van der Waals surface area contributed by atoms with E-state index in [2.05, 4.69) is 20.5 Å². The van der Waals surface area contributed by atoms with E-state index in [1.807, 2.05) is 6.92 Å². The van der Waals surface area contributed by atoms with Crippen LogP contribution >= 0.6 is 0 Å². The van der Waals surface area contributed by atoms with E-state index in [1.54, 1.807) is 0 Å². The predicted octanol–water partition coefficient (Wildman–Crippen LogP) is -0.900. The molecule has 2 heterocycles. The minimum absolute atomic E-state index is 0.214. The van der Waals surface area contributed by atoms with E-state index in [0.29, 0.717) is 18.9 Å². The molecule has 4 N–H and O–H groups in total. The molecular weight excluding hydrogens is 210 g/mol. The summed E-state index contributed by atoms with van der Waals surface area (Å²) >= 11 is 0. The third-order valence-corrected chi connectivity index (χ3v) is 2.70. The average molecular weight is 225 g/mol. The minimum Gasteiger partial charge on any atom is -0.379 e. The summed E-state index contributed by atoms with van der Waals surface area (Å²) in [5, 5.41) is 9.21. The number of hydrogen-bond acceptors (Lipinski definition) is 5. The molecule has 1 amide bonds. The molecule has 1 aromatic heterocycles. The molecule has 0 saturated carbocycles. The first-order chi connectivity index (χ1) is 7.62. The highest BCUT2D eigenvalue weighted by molar-refractivity contribution is 5.86. The Labute approximate surface area is 92.8 Å². The van der Waals surface area contributed by atoms with Crippen LogP contribution in [0.4, 0.5) is 0 Å². The molecule has 2 unspecified atom stereocenters. The van der Waals surface area contributed by atoms with Gasteiger partial charge in [0.15, 0.2) is 0 Å². The molecule has 0 spiro atoms. The lowest BCUT2D eigenvalue weighted by atomic mass is 9.99. The molecule has 88 valence electrons. The summed E-state index contributed by atoms with van der Waals surface area (Å²) in [5.41, 5.74) is 5.01. The van der Waals surface area contributed by atoms with E-state index in [-0.39, 0.29) is 18.6 Å². The van der Waals surface area contributed by atoms with E-state index in [0.717, 1.165) is 0 Å². The smallest absolute Gasteiger partial charge is 0.243 e. The largest absolute Gasteiger partial charge is 0.379 e. The maximum Gasteiger partial charge on any atom is 0.243 e. The van der Waals surface area contributed by atoms with Crippen LogP contribution in [0, 0.1) is 0 Å². The zero-order valence-electron chi connectivity index (χ0n) is 9.06. The number of hydrogen-bond donors (Lipinski definition) is 3. The van der Waals surface area contributed by atoms with Gasteiger partial charge in [-0.1, -0.05) is 0 Å². The monoisotopic (exact) mass is 225 g/mol. The Morgan fingerprint density at radius 3 is 3.19 bits per heavy atom. The summed E-state index contributed by atoms with van der Waals surface area (Å²) in [6.07, 6.45) is 1.94. The number of carbonyl (C=O) groups excluding carboxylic acids is 1. The van der Waals surface area contributed by atoms with Crippen molar-refractivity contribution in [3.05, 3.63) is 12.2 Å². The summed E-state index contributed by atoms with van der Waals surface area (Å²) in [6, 6.07) is -0.240. The van der Waals surface area contributed by atoms with Gasteiger partial charge in [-0.3, -0.25) is 9.89 Å². The Bertz CT molecular complexity index is 358. The zero-order valence-corrected chi connectivity index (χ0v) is 9.06. The van der Waals surface area contributed by atoms with Gasteiger partial charge in [0.2, 0.25) is 5.91 Å². The van der Waals surface area contributed by atoms with Crippen molar-refractivity contribution < 1.29 is 9.53 Å². The number of ether oxygens (including phenoxy) is 1. The van der Waals surface area contributed by atoms with Crippen molar-refractivity contribution in [2.75, 3.05) is 13.2 Å². The lowest BCUT2D eigenvalue weighted by Crippen LogP contribution is -2.55. The van der Waals surface area contributed by atoms with Crippen LogP contribution in [-0.4, -0.2) is 39.8 Å². The van der Waals surface area contributed by atoms with Crippen molar-refractivity contribution in [2.24, 2.45) is 5.73 Å². The van der Waals surface area contributed by atoms with Gasteiger partial charge < -0.3 is 15.8 Å². The van der Waals surface area contributed by atoms with Crippen LogP contribution < -0.4 is 11.1 Å². The molecule has 0 aromatic carbocycles. The van der Waals surface area contributed by atoms with Crippen molar-refractivity contribution in [3.8, 4) is 0 Å². The van der Waals surface area contributed by atoms with Crippen LogP contribution in [0.3, 0.4) is 0 Å². The molecule has 1 aromatic rings. The zero-order chi connectivity index (χ0) is 11.6. The van der Waals surface area contributed by atoms with Crippen molar-refractivity contribution >= 4 is 5.91 Å². The van der Waals surface area contributed by atoms with Gasteiger partial charge in [-0.25, -0.2) is 4.98 Å². The molecule has 1 aliphatic rings. The molecule has 1 fully saturated rings. The molecule has 2 rings (SSSR count). The molecule has 0 radical (unpaired) electrons. The second-order valence-electron chi connectivity index (χ2n) is 4.02. The van der Waals surface area contributed by atoms with E-state index < -0.39 is 5.54 Å². The van der Waals surface area contributed by atoms with Crippen LogP contribution in [0.15, 0.2) is 6.33 Å². The third kappa shape index (κ3) is 2.05. The minimum atomic E-state index is -0.908. The molecule has 0 aliphatic carbocycles. The fourth-order valence-electron chi connectivity index (χ4n) is 1.59. The Morgan fingerprint density at radius 1 is 1.81 bits per heavy atom. The van der Waals surface area contributed by atoms with Gasteiger partial charge in [0.05, 0.1) is 12.6 Å². The van der Waals surface area contributed by atoms with Crippen LogP contribution in [0.1, 0.15) is 25.2 Å². The van der Waals surface area contributed by atoms with Crippen molar-refractivity contribution in [2.45, 2.75) is 24.9 Å². The van der Waals surface area contributed by atoms with Crippen LogP contribution in [0.2, 0.25) is 0 Å². The van der Waals surface area contributed by atoms with Crippen molar-refractivity contribution in [3.63, 3.8) is 0 Å². The fourth-order valence-corrected chi connectivity index (χ4v) is 1.59. The highest BCUT2D eigenvalue weighted by Gasteiger charge is 2.38. The van der Waals surface area contributed by atoms with Gasteiger partial charge in [0, 0.05) is 6.61 Å². The average Bonchev–Trinajstić information content (AvgIpc) is 2.88. The third-order valence-electron chi connectivity index (χ3n) is 2.70. The molecule has 7 heteroatoms. The first kappa shape index (κ1) is 11.0. The molecule has 1 saturated heterocycles. The van der Waals surface area contributed by atoms with Gasteiger partial charge in [-0.2, -0.15) is 5.10 Å². The number of nitrogens with two attached hydrogens (primary N) is 1. The number of aromatic nitrogens is 3. The lowest BCUT2D eigenvalue weighted by molar-refractivity contribution is -0.127. The number of carbonyl (C=O) groups is 1. The van der Waals surface area contributed by atoms with Gasteiger partial charge >= 0.3 is 0 Å². The topological polar surface area (TPSA) is 106 Å². The highest BCUT2D eigenvalue weighted by Crippen LogP contribution is 2.17. The van der Waals surface area contributed by atoms with Crippen LogP contribution in [-0.2, 0) is 9.53 Å². The lowest BCUT2D eigenvalue weighted by Gasteiger charge is -2.22. The number of nitrogens with zero attached hydrogens (tertiary/aromatic N) is 2. The summed E-state index contributed by atoms with van der Waals surface area (Å²) in [7, 11) is 0. The maximum atomic E-state index is 11.9. The number of aromatic amines is 1. The molecule has 1 aliphatic heterocycles. The number of rotatable bonds is 3. The Kier molecular flexibility index (Phi) is 2.88. The van der Waals surface area contributed by atoms with Crippen molar-refractivity contribution in [1.82, 2.24) is 20.5 Å². The normalized spacial score (nSPS) is 26.6. The van der Waals surface area contributed by atoms with E-state index >= 15 is 0 Å². The Balaban J connectivity index is 1.97. The van der Waals surface area contributed by atoms with Crippen LogP contribution in [0.25, 0.3) is 0 Å². The van der Waals surface area contributed by atoms with E-state index in [9.17, 15) is 4.79 Å². The highest BCUT2D eigenvalue weighted by atomic mass is 16.5. The van der Waals surface area contributed by atoms with E-state index in [1.165, 1.54) is 6.33 Å². The quantitative estimate of drug-likeness (QED) is 0.618. The van der Waals surface area contributed by atoms with Crippen LogP contribution in [0.5, 0.6) is 0 Å². The fraction of sp³-hybridized carbons (Fsp3) is 0.667. The molecule has 7 nitrogen and oxygen atoms in total. The SMILES string of the molecule is CC(NC(=O)C1(N)CCOC1)c1ncn[nH]1. The van der Waals surface area contributed by atoms with E-state index in [4.69, 9.17) is 10.5 Å². The first-order valence-electron chi connectivity index (χ1n) is 5.15. The number of H-pyrrole nitrogens is 1. The maximum absolute atomic E-state index is 11.9. The first-order valence-corrected chi connectivity index (χ1v) is 5.15. The van der Waals surface area contributed by atoms with Gasteiger partial charge in [0.1, 0.15) is 17.7 Å². The Hall–Kier alpha value is -1.47. The number of amides is 1. The Morgan fingerprint density at radius 2 is 2.62 bits per heavy atom. The second kappa shape index (κ2) is 4.18. The van der Waals surface area contributed by atoms with Gasteiger partial charge in [-0.15, -0.1) is 0 Å². The molecule has 16 heavy (non-hydrogen) atoms.